The minimum absolute atomic E-state index is 1.13. The number of rotatable bonds is 5. The van der Waals surface area contributed by atoms with E-state index in [-0.39, 0.29) is 0 Å². The van der Waals surface area contributed by atoms with Crippen LogP contribution in [0.25, 0.3) is 0 Å². The van der Waals surface area contributed by atoms with Crippen molar-refractivity contribution in [2.75, 3.05) is 31.6 Å². The number of fused-ring (bicyclic) bond motifs is 1. The van der Waals surface area contributed by atoms with E-state index in [1.807, 2.05) is 7.05 Å². The van der Waals surface area contributed by atoms with Crippen LogP contribution in [0, 0.1) is 0 Å². The molecule has 0 aromatic heterocycles. The molecule has 0 saturated heterocycles. The third-order valence-corrected chi connectivity index (χ3v) is 3.09. The van der Waals surface area contributed by atoms with Gasteiger partial charge in [-0.2, -0.15) is 0 Å². The minimum atomic E-state index is 1.13. The van der Waals surface area contributed by atoms with Crippen molar-refractivity contribution >= 4 is 5.69 Å². The monoisotopic (exact) mass is 204 g/mol. The lowest BCUT2D eigenvalue weighted by molar-refractivity contribution is 0.660. The lowest BCUT2D eigenvalue weighted by Gasteiger charge is -2.19. The zero-order valence-corrected chi connectivity index (χ0v) is 9.50. The predicted molar refractivity (Wildman–Crippen MR) is 65.5 cm³/mol. The molecule has 0 unspecified atom stereocenters. The maximum atomic E-state index is 3.19. The molecular weight excluding hydrogens is 184 g/mol. The smallest absolute Gasteiger partial charge is 0.0399 e. The highest BCUT2D eigenvalue weighted by atomic mass is 15.1. The Kier molecular flexibility index (Phi) is 3.62. The number of unbranched alkanes of at least 4 members (excludes halogenated alkanes) is 1. The van der Waals surface area contributed by atoms with Gasteiger partial charge in [-0.05, 0) is 44.5 Å². The standard InChI is InChI=1S/C13H20N2/c1-14-9-4-5-10-15-11-8-12-6-2-3-7-13(12)15/h2-3,6-7,14H,4-5,8-11H2,1H3. The van der Waals surface area contributed by atoms with Crippen molar-refractivity contribution in [3.8, 4) is 0 Å². The van der Waals surface area contributed by atoms with Crippen LogP contribution in [0.15, 0.2) is 24.3 Å². The number of hydrogen-bond donors (Lipinski definition) is 1. The zero-order valence-electron chi connectivity index (χ0n) is 9.50. The first-order valence-electron chi connectivity index (χ1n) is 5.89. The number of nitrogens with one attached hydrogen (secondary N) is 1. The fourth-order valence-corrected chi connectivity index (χ4v) is 2.24. The molecule has 1 N–H and O–H groups in total. The molecule has 82 valence electrons. The van der Waals surface area contributed by atoms with Crippen molar-refractivity contribution in [3.05, 3.63) is 29.8 Å². The molecule has 1 aliphatic heterocycles. The molecule has 2 nitrogen and oxygen atoms in total. The second-order valence-electron chi connectivity index (χ2n) is 4.18. The summed E-state index contributed by atoms with van der Waals surface area (Å²) >= 11 is 0. The Morgan fingerprint density at radius 2 is 2.13 bits per heavy atom. The SMILES string of the molecule is CNCCCCN1CCc2ccccc21. The molecule has 0 fully saturated rings. The van der Waals surface area contributed by atoms with Crippen LogP contribution < -0.4 is 10.2 Å². The van der Waals surface area contributed by atoms with E-state index in [0.29, 0.717) is 0 Å². The first-order valence-corrected chi connectivity index (χ1v) is 5.89. The summed E-state index contributed by atoms with van der Waals surface area (Å²) in [6.07, 6.45) is 3.78. The summed E-state index contributed by atoms with van der Waals surface area (Å²) in [5.74, 6) is 0. The van der Waals surface area contributed by atoms with Gasteiger partial charge in [0.25, 0.3) is 0 Å². The summed E-state index contributed by atoms with van der Waals surface area (Å²) in [4.78, 5) is 2.52. The van der Waals surface area contributed by atoms with Crippen LogP contribution in [0.2, 0.25) is 0 Å². The quantitative estimate of drug-likeness (QED) is 0.738. The van der Waals surface area contributed by atoms with E-state index in [1.54, 1.807) is 0 Å². The molecule has 0 amide bonds. The van der Waals surface area contributed by atoms with Crippen molar-refractivity contribution in [3.63, 3.8) is 0 Å². The maximum Gasteiger partial charge on any atom is 0.0399 e. The highest BCUT2D eigenvalue weighted by molar-refractivity contribution is 5.57. The Balaban J connectivity index is 1.85. The highest BCUT2D eigenvalue weighted by Gasteiger charge is 2.16. The predicted octanol–water partition coefficient (Wildman–Crippen LogP) is 2.05. The molecule has 0 atom stereocenters. The van der Waals surface area contributed by atoms with Crippen LogP contribution in [0.4, 0.5) is 5.69 Å². The summed E-state index contributed by atoms with van der Waals surface area (Å²) in [5.41, 5.74) is 2.98. The summed E-state index contributed by atoms with van der Waals surface area (Å²) in [6, 6.07) is 8.79. The molecule has 0 saturated carbocycles. The Bertz CT molecular complexity index is 309. The molecule has 0 bridgehead atoms. The van der Waals surface area contributed by atoms with E-state index in [1.165, 1.54) is 43.6 Å². The van der Waals surface area contributed by atoms with Gasteiger partial charge < -0.3 is 10.2 Å². The molecule has 0 aliphatic carbocycles. The van der Waals surface area contributed by atoms with Gasteiger partial charge in [0.1, 0.15) is 0 Å². The Labute approximate surface area is 92.3 Å². The molecular formula is C13H20N2. The summed E-state index contributed by atoms with van der Waals surface area (Å²) in [6.45, 7) is 3.55. The first kappa shape index (κ1) is 10.5. The van der Waals surface area contributed by atoms with Gasteiger partial charge in [0, 0.05) is 18.8 Å². The molecule has 0 radical (unpaired) electrons. The Morgan fingerprint density at radius 1 is 1.27 bits per heavy atom. The van der Waals surface area contributed by atoms with Crippen molar-refractivity contribution in [1.82, 2.24) is 5.32 Å². The van der Waals surface area contributed by atoms with Crippen LogP contribution in [0.1, 0.15) is 18.4 Å². The normalized spacial score (nSPS) is 14.3. The largest absolute Gasteiger partial charge is 0.371 e. The molecule has 2 rings (SSSR count). The molecule has 1 aromatic rings. The molecule has 2 heteroatoms. The Hall–Kier alpha value is -1.02. The van der Waals surface area contributed by atoms with Gasteiger partial charge in [-0.1, -0.05) is 18.2 Å². The lowest BCUT2D eigenvalue weighted by Crippen LogP contribution is -2.22. The van der Waals surface area contributed by atoms with E-state index >= 15 is 0 Å². The minimum Gasteiger partial charge on any atom is -0.371 e. The van der Waals surface area contributed by atoms with Gasteiger partial charge in [0.2, 0.25) is 0 Å². The number of anilines is 1. The van der Waals surface area contributed by atoms with Crippen molar-refractivity contribution in [2.45, 2.75) is 19.3 Å². The molecule has 1 heterocycles. The second-order valence-corrected chi connectivity index (χ2v) is 4.18. The maximum absolute atomic E-state index is 3.19. The summed E-state index contributed by atoms with van der Waals surface area (Å²) in [7, 11) is 2.02. The average molecular weight is 204 g/mol. The van der Waals surface area contributed by atoms with Gasteiger partial charge in [0.15, 0.2) is 0 Å². The van der Waals surface area contributed by atoms with Gasteiger partial charge in [-0.15, -0.1) is 0 Å². The van der Waals surface area contributed by atoms with E-state index in [4.69, 9.17) is 0 Å². The zero-order chi connectivity index (χ0) is 10.5. The average Bonchev–Trinajstić information content (AvgIpc) is 2.68. The van der Waals surface area contributed by atoms with Gasteiger partial charge in [-0.3, -0.25) is 0 Å². The highest BCUT2D eigenvalue weighted by Crippen LogP contribution is 2.27. The fourth-order valence-electron chi connectivity index (χ4n) is 2.24. The van der Waals surface area contributed by atoms with Crippen LogP contribution in [0.3, 0.4) is 0 Å². The van der Waals surface area contributed by atoms with E-state index in [9.17, 15) is 0 Å². The topological polar surface area (TPSA) is 15.3 Å². The van der Waals surface area contributed by atoms with Crippen molar-refractivity contribution < 1.29 is 0 Å². The molecule has 0 spiro atoms. The molecule has 1 aromatic carbocycles. The van der Waals surface area contributed by atoms with E-state index < -0.39 is 0 Å². The summed E-state index contributed by atoms with van der Waals surface area (Å²) in [5, 5.41) is 3.19. The summed E-state index contributed by atoms with van der Waals surface area (Å²) < 4.78 is 0. The lowest BCUT2D eigenvalue weighted by atomic mass is 10.2. The molecule has 1 aliphatic rings. The number of hydrogen-bond acceptors (Lipinski definition) is 2. The number of benzene rings is 1. The van der Waals surface area contributed by atoms with E-state index in [2.05, 4.69) is 34.5 Å². The van der Waals surface area contributed by atoms with Gasteiger partial charge >= 0.3 is 0 Å². The van der Waals surface area contributed by atoms with Crippen molar-refractivity contribution in [2.24, 2.45) is 0 Å². The first-order chi connectivity index (χ1) is 7.42. The van der Waals surface area contributed by atoms with Crippen molar-refractivity contribution in [1.29, 1.82) is 0 Å². The van der Waals surface area contributed by atoms with E-state index in [0.717, 1.165) is 6.54 Å². The third-order valence-electron chi connectivity index (χ3n) is 3.09. The van der Waals surface area contributed by atoms with Crippen LogP contribution in [0.5, 0.6) is 0 Å². The number of para-hydroxylation sites is 1. The second kappa shape index (κ2) is 5.17. The van der Waals surface area contributed by atoms with Gasteiger partial charge in [-0.25, -0.2) is 0 Å². The fraction of sp³-hybridized carbons (Fsp3) is 0.538. The third kappa shape index (κ3) is 2.51. The van der Waals surface area contributed by atoms with Gasteiger partial charge in [0.05, 0.1) is 0 Å². The van der Waals surface area contributed by atoms with Crippen LogP contribution in [-0.2, 0) is 6.42 Å². The molecule has 15 heavy (non-hydrogen) atoms. The number of nitrogens with zero attached hydrogens (tertiary/aromatic N) is 1. The van der Waals surface area contributed by atoms with Crippen LogP contribution >= 0.6 is 0 Å². The van der Waals surface area contributed by atoms with Crippen LogP contribution in [-0.4, -0.2) is 26.7 Å². The Morgan fingerprint density at radius 3 is 3.00 bits per heavy atom.